The highest BCUT2D eigenvalue weighted by Gasteiger charge is 2.41. The van der Waals surface area contributed by atoms with Gasteiger partial charge in [0, 0.05) is 18.6 Å². The van der Waals surface area contributed by atoms with Crippen LogP contribution in [0.4, 0.5) is 0 Å². The fourth-order valence-electron chi connectivity index (χ4n) is 2.48. The summed E-state index contributed by atoms with van der Waals surface area (Å²) in [5.41, 5.74) is 0. The zero-order chi connectivity index (χ0) is 7.84. The van der Waals surface area contributed by atoms with Crippen LogP contribution in [-0.2, 0) is 0 Å². The molecule has 2 heterocycles. The smallest absolute Gasteiger partial charge is 0.0835 e. The molecule has 2 N–H and O–H groups in total. The number of rotatable bonds is 1. The van der Waals surface area contributed by atoms with Crippen molar-refractivity contribution in [1.82, 2.24) is 10.2 Å². The molecule has 2 saturated heterocycles. The number of hydrogen-bond acceptors (Lipinski definition) is 3. The zero-order valence-corrected chi connectivity index (χ0v) is 6.95. The molecule has 3 nitrogen and oxygen atoms in total. The van der Waals surface area contributed by atoms with Crippen molar-refractivity contribution in [3.63, 3.8) is 0 Å². The van der Waals surface area contributed by atoms with Gasteiger partial charge < -0.3 is 10.4 Å². The topological polar surface area (TPSA) is 35.5 Å². The van der Waals surface area contributed by atoms with Gasteiger partial charge in [0.15, 0.2) is 0 Å². The Morgan fingerprint density at radius 3 is 3.09 bits per heavy atom. The first-order valence-electron chi connectivity index (χ1n) is 4.42. The second-order valence-corrected chi connectivity index (χ2v) is 3.59. The molecule has 3 atom stereocenters. The molecule has 0 radical (unpaired) electrons. The molecule has 2 rings (SSSR count). The summed E-state index contributed by atoms with van der Waals surface area (Å²) in [4.78, 5) is 2.39. The van der Waals surface area contributed by atoms with Gasteiger partial charge in [0.1, 0.15) is 0 Å². The summed E-state index contributed by atoms with van der Waals surface area (Å²) in [5.74, 6) is 0. The number of aliphatic hydroxyl groups is 1. The predicted molar refractivity (Wildman–Crippen MR) is 43.4 cm³/mol. The Kier molecular flexibility index (Phi) is 1.87. The van der Waals surface area contributed by atoms with E-state index in [1.165, 1.54) is 19.4 Å². The van der Waals surface area contributed by atoms with Crippen LogP contribution in [0.15, 0.2) is 0 Å². The third-order valence-electron chi connectivity index (χ3n) is 3.00. The van der Waals surface area contributed by atoms with Gasteiger partial charge in [-0.05, 0) is 26.4 Å². The fourth-order valence-corrected chi connectivity index (χ4v) is 2.48. The SMILES string of the molecule is CN[C@H]1C(O)CN2CCCC12. The second kappa shape index (κ2) is 2.73. The molecule has 0 spiro atoms. The lowest BCUT2D eigenvalue weighted by molar-refractivity contribution is 0.154. The van der Waals surface area contributed by atoms with Gasteiger partial charge in [-0.25, -0.2) is 0 Å². The maximum Gasteiger partial charge on any atom is 0.0835 e. The molecule has 2 aliphatic heterocycles. The largest absolute Gasteiger partial charge is 0.390 e. The Hall–Kier alpha value is -0.120. The summed E-state index contributed by atoms with van der Waals surface area (Å²) in [6, 6.07) is 0.924. The summed E-state index contributed by atoms with van der Waals surface area (Å²) >= 11 is 0. The quantitative estimate of drug-likeness (QED) is 0.533. The van der Waals surface area contributed by atoms with Gasteiger partial charge in [-0.1, -0.05) is 0 Å². The summed E-state index contributed by atoms with van der Waals surface area (Å²) < 4.78 is 0. The molecule has 11 heavy (non-hydrogen) atoms. The molecular weight excluding hydrogens is 140 g/mol. The average Bonchev–Trinajstić information content (AvgIpc) is 2.46. The van der Waals surface area contributed by atoms with Crippen LogP contribution in [0.1, 0.15) is 12.8 Å². The van der Waals surface area contributed by atoms with Gasteiger partial charge in [0.05, 0.1) is 6.10 Å². The molecule has 0 aromatic carbocycles. The number of aliphatic hydroxyl groups excluding tert-OH is 1. The molecule has 0 bridgehead atoms. The van der Waals surface area contributed by atoms with Crippen LogP contribution in [0.3, 0.4) is 0 Å². The average molecular weight is 156 g/mol. The van der Waals surface area contributed by atoms with Crippen LogP contribution in [0.5, 0.6) is 0 Å². The third-order valence-corrected chi connectivity index (χ3v) is 3.00. The van der Waals surface area contributed by atoms with E-state index in [-0.39, 0.29) is 6.10 Å². The van der Waals surface area contributed by atoms with Gasteiger partial charge in [0.2, 0.25) is 0 Å². The first-order chi connectivity index (χ1) is 5.33. The van der Waals surface area contributed by atoms with Crippen molar-refractivity contribution in [2.45, 2.75) is 31.0 Å². The van der Waals surface area contributed by atoms with Crippen molar-refractivity contribution in [2.75, 3.05) is 20.1 Å². The van der Waals surface area contributed by atoms with Crippen LogP contribution >= 0.6 is 0 Å². The molecule has 0 aliphatic carbocycles. The molecule has 0 aromatic heterocycles. The van der Waals surface area contributed by atoms with Gasteiger partial charge >= 0.3 is 0 Å². The van der Waals surface area contributed by atoms with E-state index >= 15 is 0 Å². The molecule has 0 amide bonds. The van der Waals surface area contributed by atoms with Crippen molar-refractivity contribution in [3.05, 3.63) is 0 Å². The maximum atomic E-state index is 9.59. The van der Waals surface area contributed by atoms with Gasteiger partial charge in [-0.3, -0.25) is 4.90 Å². The maximum absolute atomic E-state index is 9.59. The minimum Gasteiger partial charge on any atom is -0.390 e. The van der Waals surface area contributed by atoms with E-state index in [1.54, 1.807) is 0 Å². The van der Waals surface area contributed by atoms with Crippen LogP contribution in [-0.4, -0.2) is 48.3 Å². The highest BCUT2D eigenvalue weighted by Crippen LogP contribution is 2.27. The Morgan fingerprint density at radius 2 is 2.36 bits per heavy atom. The standard InChI is InChI=1S/C8H16N2O/c1-9-8-6-3-2-4-10(6)5-7(8)11/h6-9,11H,2-5H2,1H3/t6?,7?,8-/m1/s1. The van der Waals surface area contributed by atoms with E-state index in [1.807, 2.05) is 7.05 Å². The van der Waals surface area contributed by atoms with Crippen LogP contribution in [0.25, 0.3) is 0 Å². The molecule has 3 heteroatoms. The number of nitrogens with one attached hydrogen (secondary N) is 1. The summed E-state index contributed by atoms with van der Waals surface area (Å²) in [7, 11) is 1.94. The summed E-state index contributed by atoms with van der Waals surface area (Å²) in [6.07, 6.45) is 2.41. The van der Waals surface area contributed by atoms with E-state index in [0.29, 0.717) is 12.1 Å². The lowest BCUT2D eigenvalue weighted by Crippen LogP contribution is -2.42. The third kappa shape index (κ3) is 1.08. The summed E-state index contributed by atoms with van der Waals surface area (Å²) in [5, 5.41) is 12.8. The molecule has 64 valence electrons. The zero-order valence-electron chi connectivity index (χ0n) is 6.95. The minimum atomic E-state index is -0.148. The second-order valence-electron chi connectivity index (χ2n) is 3.59. The van der Waals surface area contributed by atoms with E-state index in [0.717, 1.165) is 6.54 Å². The number of likely N-dealkylation sites (N-methyl/N-ethyl adjacent to an activating group) is 1. The van der Waals surface area contributed by atoms with Crippen molar-refractivity contribution in [3.8, 4) is 0 Å². The van der Waals surface area contributed by atoms with Crippen molar-refractivity contribution in [2.24, 2.45) is 0 Å². The monoisotopic (exact) mass is 156 g/mol. The Bertz CT molecular complexity index is 151. The van der Waals surface area contributed by atoms with E-state index in [2.05, 4.69) is 10.2 Å². The first-order valence-corrected chi connectivity index (χ1v) is 4.42. The fraction of sp³-hybridized carbons (Fsp3) is 1.00. The minimum absolute atomic E-state index is 0.148. The first kappa shape index (κ1) is 7.53. The van der Waals surface area contributed by atoms with Crippen molar-refractivity contribution >= 4 is 0 Å². The molecule has 0 aromatic rings. The van der Waals surface area contributed by atoms with Crippen molar-refractivity contribution in [1.29, 1.82) is 0 Å². The highest BCUT2D eigenvalue weighted by atomic mass is 16.3. The molecule has 0 saturated carbocycles. The predicted octanol–water partition coefficient (Wildman–Crippen LogP) is -0.587. The molecule has 2 unspecified atom stereocenters. The lowest BCUT2D eigenvalue weighted by Gasteiger charge is -2.19. The van der Waals surface area contributed by atoms with Crippen LogP contribution in [0, 0.1) is 0 Å². The molecule has 2 fully saturated rings. The Labute approximate surface area is 67.4 Å². The number of nitrogens with zero attached hydrogens (tertiary/aromatic N) is 1. The van der Waals surface area contributed by atoms with Gasteiger partial charge in [-0.15, -0.1) is 0 Å². The number of fused-ring (bicyclic) bond motifs is 1. The van der Waals surface area contributed by atoms with E-state index in [4.69, 9.17) is 0 Å². The number of hydrogen-bond donors (Lipinski definition) is 2. The van der Waals surface area contributed by atoms with Crippen molar-refractivity contribution < 1.29 is 5.11 Å². The van der Waals surface area contributed by atoms with Crippen LogP contribution < -0.4 is 5.32 Å². The van der Waals surface area contributed by atoms with Gasteiger partial charge in [0.25, 0.3) is 0 Å². The lowest BCUT2D eigenvalue weighted by atomic mass is 10.1. The Balaban J connectivity index is 2.07. The molecular formula is C8H16N2O. The van der Waals surface area contributed by atoms with Gasteiger partial charge in [-0.2, -0.15) is 0 Å². The van der Waals surface area contributed by atoms with E-state index < -0.39 is 0 Å². The summed E-state index contributed by atoms with van der Waals surface area (Å²) in [6.45, 7) is 2.05. The highest BCUT2D eigenvalue weighted by molar-refractivity contribution is 5.00. The van der Waals surface area contributed by atoms with Crippen LogP contribution in [0.2, 0.25) is 0 Å². The normalized spacial score (nSPS) is 44.7. The van der Waals surface area contributed by atoms with E-state index in [9.17, 15) is 5.11 Å². The molecule has 2 aliphatic rings. The Morgan fingerprint density at radius 1 is 1.55 bits per heavy atom.